The molecule has 12 heteroatoms. The zero-order chi connectivity index (χ0) is 32.4. The maximum absolute atomic E-state index is 13.9. The van der Waals surface area contributed by atoms with Gasteiger partial charge in [-0.1, -0.05) is 12.1 Å². The standard InChI is InChI=1S/C33H39NO11/c1-15-28(36)20(34-10-8-17(42-3)9-11-34)12-23(44-15)45-22-14-33(41,16(2)35)13-19-25(22)32(40)27-26(30(19)38)29(37)18-6-5-7-21(43-4)24(18)31(27)39/h5-7,15,17,20,22-23,28,36,38,40-41H,8-14H2,1-4H3. The Balaban J connectivity index is 1.40. The van der Waals surface area contributed by atoms with Crippen molar-refractivity contribution in [3.05, 3.63) is 51.6 Å². The highest BCUT2D eigenvalue weighted by molar-refractivity contribution is 6.31. The molecule has 2 saturated heterocycles. The van der Waals surface area contributed by atoms with Crippen LogP contribution in [0, 0.1) is 0 Å². The first kappa shape index (κ1) is 31.6. The van der Waals surface area contributed by atoms with E-state index in [-0.39, 0.29) is 53.0 Å². The van der Waals surface area contributed by atoms with Gasteiger partial charge in [0.05, 0.1) is 48.2 Å². The molecule has 4 N–H and O–H groups in total. The summed E-state index contributed by atoms with van der Waals surface area (Å²) in [6.07, 6.45) is -2.29. The van der Waals surface area contributed by atoms with Crippen molar-refractivity contribution in [2.75, 3.05) is 27.3 Å². The first-order valence-corrected chi connectivity index (χ1v) is 15.3. The number of fused-ring (bicyclic) bond motifs is 3. The smallest absolute Gasteiger partial charge is 0.202 e. The molecule has 242 valence electrons. The van der Waals surface area contributed by atoms with Crippen molar-refractivity contribution in [2.24, 2.45) is 0 Å². The number of Topliss-reactive ketones (excluding diaryl/α,β-unsaturated/α-hetero) is 1. The molecule has 2 aromatic rings. The van der Waals surface area contributed by atoms with Crippen LogP contribution in [-0.2, 0) is 25.4 Å². The highest BCUT2D eigenvalue weighted by Crippen LogP contribution is 2.52. The summed E-state index contributed by atoms with van der Waals surface area (Å²) in [7, 11) is 3.04. The van der Waals surface area contributed by atoms with Gasteiger partial charge in [0.15, 0.2) is 17.9 Å². The van der Waals surface area contributed by atoms with Gasteiger partial charge in [-0.25, -0.2) is 0 Å². The first-order valence-electron chi connectivity index (χ1n) is 15.3. The summed E-state index contributed by atoms with van der Waals surface area (Å²) in [5.41, 5.74) is -2.92. The predicted octanol–water partition coefficient (Wildman–Crippen LogP) is 2.18. The molecule has 2 heterocycles. The van der Waals surface area contributed by atoms with Crippen molar-refractivity contribution in [1.82, 2.24) is 4.90 Å². The highest BCUT2D eigenvalue weighted by atomic mass is 16.7. The number of carbonyl (C=O) groups excluding carboxylic acids is 3. The highest BCUT2D eigenvalue weighted by Gasteiger charge is 2.50. The van der Waals surface area contributed by atoms with Crippen molar-refractivity contribution < 1.29 is 53.8 Å². The molecule has 2 fully saturated rings. The fourth-order valence-corrected chi connectivity index (χ4v) is 7.41. The number of ether oxygens (including phenoxy) is 4. The molecule has 45 heavy (non-hydrogen) atoms. The van der Waals surface area contributed by atoms with Gasteiger partial charge in [-0.05, 0) is 32.8 Å². The predicted molar refractivity (Wildman–Crippen MR) is 158 cm³/mol. The number of likely N-dealkylation sites (tertiary alicyclic amines) is 1. The topological polar surface area (TPSA) is 172 Å². The normalized spacial score (nSPS) is 30.4. The number of ketones is 3. The number of phenols is 2. The van der Waals surface area contributed by atoms with E-state index in [1.807, 2.05) is 0 Å². The van der Waals surface area contributed by atoms with Crippen molar-refractivity contribution in [2.45, 2.75) is 88.3 Å². The molecule has 0 amide bonds. The fraction of sp³-hybridized carbons (Fsp3) is 0.545. The lowest BCUT2D eigenvalue weighted by Crippen LogP contribution is -2.57. The second-order valence-corrected chi connectivity index (χ2v) is 12.5. The molecule has 0 aromatic heterocycles. The summed E-state index contributed by atoms with van der Waals surface area (Å²) in [6, 6.07) is 4.17. The molecule has 6 rings (SSSR count). The van der Waals surface area contributed by atoms with Gasteiger partial charge in [0.2, 0.25) is 5.78 Å². The minimum atomic E-state index is -2.00. The van der Waals surface area contributed by atoms with Gasteiger partial charge in [-0.15, -0.1) is 0 Å². The van der Waals surface area contributed by atoms with E-state index in [9.17, 15) is 34.8 Å². The Hall–Kier alpha value is -3.39. The fourth-order valence-electron chi connectivity index (χ4n) is 7.41. The molecule has 0 radical (unpaired) electrons. The van der Waals surface area contributed by atoms with Gasteiger partial charge in [-0.2, -0.15) is 0 Å². The number of hydrogen-bond acceptors (Lipinski definition) is 12. The molecule has 2 aliphatic heterocycles. The van der Waals surface area contributed by atoms with Crippen molar-refractivity contribution in [1.29, 1.82) is 0 Å². The Kier molecular flexibility index (Phi) is 8.25. The number of carbonyl (C=O) groups is 3. The van der Waals surface area contributed by atoms with Crippen LogP contribution in [0.1, 0.15) is 88.6 Å². The Bertz CT molecular complexity index is 1550. The largest absolute Gasteiger partial charge is 0.507 e. The quantitative estimate of drug-likeness (QED) is 0.295. The third-order valence-electron chi connectivity index (χ3n) is 10.0. The zero-order valence-electron chi connectivity index (χ0n) is 25.7. The van der Waals surface area contributed by atoms with E-state index in [1.165, 1.54) is 32.2 Å². The monoisotopic (exact) mass is 625 g/mol. The number of piperidine rings is 1. The van der Waals surface area contributed by atoms with Crippen molar-refractivity contribution in [3.63, 3.8) is 0 Å². The summed E-state index contributed by atoms with van der Waals surface area (Å²) in [5, 5.41) is 45.8. The van der Waals surface area contributed by atoms with Crippen LogP contribution in [0.25, 0.3) is 0 Å². The molecule has 0 saturated carbocycles. The summed E-state index contributed by atoms with van der Waals surface area (Å²) >= 11 is 0. The Morgan fingerprint density at radius 3 is 2.38 bits per heavy atom. The summed E-state index contributed by atoms with van der Waals surface area (Å²) < 4.78 is 23.3. The number of hydrogen-bond donors (Lipinski definition) is 4. The molecule has 4 aliphatic rings. The Morgan fingerprint density at radius 1 is 1.04 bits per heavy atom. The number of benzene rings is 2. The third kappa shape index (κ3) is 5.13. The van der Waals surface area contributed by atoms with Crippen LogP contribution in [0.15, 0.2) is 18.2 Å². The van der Waals surface area contributed by atoms with Crippen LogP contribution >= 0.6 is 0 Å². The second kappa shape index (κ2) is 11.8. The Labute approximate surface area is 260 Å². The van der Waals surface area contributed by atoms with Crippen LogP contribution in [0.5, 0.6) is 17.2 Å². The number of nitrogens with zero attached hydrogens (tertiary/aromatic N) is 1. The van der Waals surface area contributed by atoms with Crippen molar-refractivity contribution in [3.8, 4) is 17.2 Å². The van der Waals surface area contributed by atoms with E-state index >= 15 is 0 Å². The molecular formula is C33H39NO11. The number of aromatic hydroxyl groups is 2. The van der Waals surface area contributed by atoms with Crippen LogP contribution in [-0.4, -0.2) is 106 Å². The summed E-state index contributed by atoms with van der Waals surface area (Å²) in [5.74, 6) is -3.07. The molecule has 6 unspecified atom stereocenters. The van der Waals surface area contributed by atoms with Crippen LogP contribution in [0.3, 0.4) is 0 Å². The van der Waals surface area contributed by atoms with E-state index in [4.69, 9.17) is 18.9 Å². The number of phenolic OH excluding ortho intramolecular Hbond substituents is 2. The van der Waals surface area contributed by atoms with Crippen LogP contribution in [0.4, 0.5) is 0 Å². The number of aliphatic hydroxyl groups excluding tert-OH is 1. The van der Waals surface area contributed by atoms with Crippen LogP contribution in [0.2, 0.25) is 0 Å². The average Bonchev–Trinajstić information content (AvgIpc) is 3.02. The third-order valence-corrected chi connectivity index (χ3v) is 10.0. The average molecular weight is 626 g/mol. The SMILES string of the molecule is COc1cccc2c1C(=O)c1c(O)c3c(c(O)c1C2=O)CC(O)(C(C)=O)CC3OC1CC(N2CCC(OC)CC2)C(O)C(C)O1. The molecule has 2 aromatic carbocycles. The number of aliphatic hydroxyl groups is 2. The van der Waals surface area contributed by atoms with E-state index < -0.39 is 76.6 Å². The number of rotatable bonds is 6. The minimum Gasteiger partial charge on any atom is -0.507 e. The van der Waals surface area contributed by atoms with Gasteiger partial charge in [-0.3, -0.25) is 19.3 Å². The molecule has 0 spiro atoms. The van der Waals surface area contributed by atoms with Crippen molar-refractivity contribution >= 4 is 17.3 Å². The number of methoxy groups -OCH3 is 2. The van der Waals surface area contributed by atoms with Gasteiger partial charge in [0, 0.05) is 62.2 Å². The molecule has 6 atom stereocenters. The maximum atomic E-state index is 13.9. The van der Waals surface area contributed by atoms with Crippen LogP contribution < -0.4 is 4.74 Å². The van der Waals surface area contributed by atoms with Gasteiger partial charge in [0.25, 0.3) is 0 Å². The minimum absolute atomic E-state index is 0.00323. The van der Waals surface area contributed by atoms with Gasteiger partial charge in [0.1, 0.15) is 22.8 Å². The molecule has 0 bridgehead atoms. The van der Waals surface area contributed by atoms with E-state index in [2.05, 4.69) is 4.90 Å². The maximum Gasteiger partial charge on any atom is 0.202 e. The summed E-state index contributed by atoms with van der Waals surface area (Å²) in [6.45, 7) is 4.35. The second-order valence-electron chi connectivity index (χ2n) is 12.5. The zero-order valence-corrected chi connectivity index (χ0v) is 25.7. The lowest BCUT2D eigenvalue weighted by molar-refractivity contribution is -0.259. The molecule has 2 aliphatic carbocycles. The Morgan fingerprint density at radius 2 is 1.73 bits per heavy atom. The summed E-state index contributed by atoms with van der Waals surface area (Å²) in [4.78, 5) is 42.4. The van der Waals surface area contributed by atoms with E-state index in [1.54, 1.807) is 14.0 Å². The lowest BCUT2D eigenvalue weighted by atomic mass is 9.72. The van der Waals surface area contributed by atoms with E-state index in [0.717, 1.165) is 12.8 Å². The molecule has 12 nitrogen and oxygen atoms in total. The van der Waals surface area contributed by atoms with Gasteiger partial charge < -0.3 is 39.4 Å². The molecular weight excluding hydrogens is 586 g/mol. The van der Waals surface area contributed by atoms with Gasteiger partial charge >= 0.3 is 0 Å². The first-order chi connectivity index (χ1) is 21.4. The lowest BCUT2D eigenvalue weighted by Gasteiger charge is -2.46. The van der Waals surface area contributed by atoms with E-state index in [0.29, 0.717) is 13.1 Å².